The number of hydrogen-bond donors (Lipinski definition) is 0. The number of piperazine rings is 1. The van der Waals surface area contributed by atoms with Gasteiger partial charge in [0.25, 0.3) is 5.91 Å². The van der Waals surface area contributed by atoms with Crippen LogP contribution < -0.4 is 0 Å². The van der Waals surface area contributed by atoms with E-state index < -0.39 is 0 Å². The molecule has 112 valence electrons. The normalized spacial score (nSPS) is 16.4. The van der Waals surface area contributed by atoms with E-state index in [0.717, 1.165) is 48.7 Å². The molecule has 0 bridgehead atoms. The Bertz CT molecular complexity index is 613. The quantitative estimate of drug-likeness (QED) is 0.852. The van der Waals surface area contributed by atoms with Crippen molar-refractivity contribution in [3.05, 3.63) is 46.6 Å². The van der Waals surface area contributed by atoms with Gasteiger partial charge in [-0.1, -0.05) is 0 Å². The van der Waals surface area contributed by atoms with Crippen LogP contribution in [0.2, 0.25) is 0 Å². The van der Waals surface area contributed by atoms with Crippen LogP contribution >= 0.6 is 15.9 Å². The van der Waals surface area contributed by atoms with Crippen LogP contribution in [0.4, 0.5) is 0 Å². The minimum atomic E-state index is 0.0980. The molecule has 6 heteroatoms. The van der Waals surface area contributed by atoms with Gasteiger partial charge >= 0.3 is 0 Å². The van der Waals surface area contributed by atoms with Crippen molar-refractivity contribution in [2.45, 2.75) is 6.54 Å². The SMILES string of the molecule is Cn1cc(Br)cc1C(=O)N1CCN(Cc2ccco2)CC1. The predicted molar refractivity (Wildman–Crippen MR) is 83.0 cm³/mol. The van der Waals surface area contributed by atoms with Crippen molar-refractivity contribution in [1.82, 2.24) is 14.4 Å². The Labute approximate surface area is 132 Å². The Morgan fingerprint density at radius 2 is 2.10 bits per heavy atom. The summed E-state index contributed by atoms with van der Waals surface area (Å²) in [5.41, 5.74) is 0.723. The van der Waals surface area contributed by atoms with Gasteiger partial charge in [-0.2, -0.15) is 0 Å². The highest BCUT2D eigenvalue weighted by Crippen LogP contribution is 2.17. The molecule has 1 aliphatic heterocycles. The number of aromatic nitrogens is 1. The third kappa shape index (κ3) is 3.22. The Morgan fingerprint density at radius 3 is 2.67 bits per heavy atom. The zero-order valence-corrected chi connectivity index (χ0v) is 13.5. The van der Waals surface area contributed by atoms with E-state index in [2.05, 4.69) is 20.8 Å². The molecule has 3 heterocycles. The van der Waals surface area contributed by atoms with Gasteiger partial charge in [0.2, 0.25) is 0 Å². The summed E-state index contributed by atoms with van der Waals surface area (Å²) in [7, 11) is 1.89. The summed E-state index contributed by atoms with van der Waals surface area (Å²) in [5, 5.41) is 0. The Morgan fingerprint density at radius 1 is 1.33 bits per heavy atom. The summed E-state index contributed by atoms with van der Waals surface area (Å²) in [6.45, 7) is 4.06. The first-order valence-corrected chi connectivity index (χ1v) is 7.78. The average Bonchev–Trinajstić information content (AvgIpc) is 3.08. The number of rotatable bonds is 3. The van der Waals surface area contributed by atoms with Gasteiger partial charge < -0.3 is 13.9 Å². The highest BCUT2D eigenvalue weighted by atomic mass is 79.9. The van der Waals surface area contributed by atoms with E-state index in [1.54, 1.807) is 6.26 Å². The van der Waals surface area contributed by atoms with E-state index in [1.165, 1.54) is 0 Å². The number of aryl methyl sites for hydroxylation is 1. The molecule has 21 heavy (non-hydrogen) atoms. The molecule has 0 aliphatic carbocycles. The number of carbonyl (C=O) groups excluding carboxylic acids is 1. The van der Waals surface area contributed by atoms with Crippen molar-refractivity contribution in [3.63, 3.8) is 0 Å². The summed E-state index contributed by atoms with van der Waals surface area (Å²) in [6.07, 6.45) is 3.60. The number of furan rings is 1. The second-order valence-electron chi connectivity index (χ2n) is 5.30. The van der Waals surface area contributed by atoms with Crippen LogP contribution in [-0.4, -0.2) is 46.5 Å². The molecular weight excluding hydrogens is 334 g/mol. The third-order valence-corrected chi connectivity index (χ3v) is 4.24. The number of hydrogen-bond acceptors (Lipinski definition) is 3. The zero-order valence-electron chi connectivity index (χ0n) is 12.0. The first-order valence-electron chi connectivity index (χ1n) is 6.99. The molecule has 1 amide bonds. The van der Waals surface area contributed by atoms with Gasteiger partial charge in [-0.15, -0.1) is 0 Å². The highest BCUT2D eigenvalue weighted by molar-refractivity contribution is 9.10. The van der Waals surface area contributed by atoms with Crippen LogP contribution in [0.1, 0.15) is 16.2 Å². The molecule has 1 fully saturated rings. The molecule has 2 aromatic rings. The average molecular weight is 352 g/mol. The van der Waals surface area contributed by atoms with Crippen LogP contribution in [0.25, 0.3) is 0 Å². The number of nitrogens with zero attached hydrogens (tertiary/aromatic N) is 3. The lowest BCUT2D eigenvalue weighted by Gasteiger charge is -2.34. The van der Waals surface area contributed by atoms with Crippen LogP contribution in [0.3, 0.4) is 0 Å². The fraction of sp³-hybridized carbons (Fsp3) is 0.400. The number of halogens is 1. The van der Waals surface area contributed by atoms with Crippen molar-refractivity contribution >= 4 is 21.8 Å². The largest absolute Gasteiger partial charge is 0.468 e. The smallest absolute Gasteiger partial charge is 0.270 e. The molecule has 3 rings (SSSR count). The van der Waals surface area contributed by atoms with Crippen LogP contribution in [0, 0.1) is 0 Å². The lowest BCUT2D eigenvalue weighted by atomic mass is 10.2. The molecule has 5 nitrogen and oxygen atoms in total. The van der Waals surface area contributed by atoms with Gasteiger partial charge in [-0.05, 0) is 34.1 Å². The molecule has 0 unspecified atom stereocenters. The first kappa shape index (κ1) is 14.4. The molecule has 0 radical (unpaired) electrons. The fourth-order valence-electron chi connectivity index (χ4n) is 2.63. The molecule has 1 saturated heterocycles. The lowest BCUT2D eigenvalue weighted by Crippen LogP contribution is -2.48. The fourth-order valence-corrected chi connectivity index (χ4v) is 3.15. The van der Waals surface area contributed by atoms with Crippen molar-refractivity contribution in [3.8, 4) is 0 Å². The molecule has 0 N–H and O–H groups in total. The van der Waals surface area contributed by atoms with Crippen LogP contribution in [0.15, 0.2) is 39.5 Å². The molecule has 1 aliphatic rings. The van der Waals surface area contributed by atoms with Crippen molar-refractivity contribution in [1.29, 1.82) is 0 Å². The van der Waals surface area contributed by atoms with E-state index in [0.29, 0.717) is 0 Å². The van der Waals surface area contributed by atoms with E-state index in [1.807, 2.05) is 40.9 Å². The van der Waals surface area contributed by atoms with Crippen LogP contribution in [-0.2, 0) is 13.6 Å². The lowest BCUT2D eigenvalue weighted by molar-refractivity contribution is 0.0611. The summed E-state index contributed by atoms with van der Waals surface area (Å²) < 4.78 is 8.17. The van der Waals surface area contributed by atoms with Crippen molar-refractivity contribution in [2.24, 2.45) is 7.05 Å². The molecule has 0 atom stereocenters. The Kier molecular flexibility index (Phi) is 4.17. The maximum absolute atomic E-state index is 12.5. The van der Waals surface area contributed by atoms with E-state index in [9.17, 15) is 4.79 Å². The highest BCUT2D eigenvalue weighted by Gasteiger charge is 2.24. The standard InChI is InChI=1S/C15H18BrN3O2/c1-17-10-12(16)9-14(17)15(20)19-6-4-18(5-7-19)11-13-3-2-8-21-13/h2-3,8-10H,4-7,11H2,1H3. The van der Waals surface area contributed by atoms with E-state index in [4.69, 9.17) is 4.42 Å². The molecular formula is C15H18BrN3O2. The minimum absolute atomic E-state index is 0.0980. The predicted octanol–water partition coefficient (Wildman–Crippen LogP) is 2.34. The second kappa shape index (κ2) is 6.07. The minimum Gasteiger partial charge on any atom is -0.468 e. The van der Waals surface area contributed by atoms with Crippen molar-refractivity contribution in [2.75, 3.05) is 26.2 Å². The first-order chi connectivity index (χ1) is 10.1. The monoisotopic (exact) mass is 351 g/mol. The van der Waals surface area contributed by atoms with E-state index in [-0.39, 0.29) is 5.91 Å². The summed E-state index contributed by atoms with van der Waals surface area (Å²) in [4.78, 5) is 16.7. The van der Waals surface area contributed by atoms with Gasteiger partial charge in [0, 0.05) is 43.9 Å². The van der Waals surface area contributed by atoms with E-state index >= 15 is 0 Å². The zero-order chi connectivity index (χ0) is 14.8. The van der Waals surface area contributed by atoms with Crippen LogP contribution in [0.5, 0.6) is 0 Å². The number of carbonyl (C=O) groups is 1. The topological polar surface area (TPSA) is 41.6 Å². The second-order valence-corrected chi connectivity index (χ2v) is 6.22. The molecule has 0 saturated carbocycles. The molecule has 0 spiro atoms. The summed E-state index contributed by atoms with van der Waals surface area (Å²) in [6, 6.07) is 5.76. The van der Waals surface area contributed by atoms with Gasteiger partial charge in [0.05, 0.1) is 12.8 Å². The third-order valence-electron chi connectivity index (χ3n) is 3.81. The maximum atomic E-state index is 12.5. The maximum Gasteiger partial charge on any atom is 0.270 e. The Hall–Kier alpha value is -1.53. The van der Waals surface area contributed by atoms with Gasteiger partial charge in [0.15, 0.2) is 0 Å². The number of amides is 1. The summed E-state index contributed by atoms with van der Waals surface area (Å²) in [5.74, 6) is 1.07. The summed E-state index contributed by atoms with van der Waals surface area (Å²) >= 11 is 3.41. The van der Waals surface area contributed by atoms with Gasteiger partial charge in [-0.25, -0.2) is 0 Å². The molecule has 0 aromatic carbocycles. The molecule has 2 aromatic heterocycles. The Balaban J connectivity index is 1.58. The van der Waals surface area contributed by atoms with Gasteiger partial charge in [-0.3, -0.25) is 9.69 Å². The van der Waals surface area contributed by atoms with Crippen molar-refractivity contribution < 1.29 is 9.21 Å². The van der Waals surface area contributed by atoms with Gasteiger partial charge in [0.1, 0.15) is 11.5 Å².